The second-order valence-electron chi connectivity index (χ2n) is 8.43. The van der Waals surface area contributed by atoms with Gasteiger partial charge in [-0.1, -0.05) is 6.07 Å². The van der Waals surface area contributed by atoms with Crippen LogP contribution >= 0.6 is 0 Å². The largest absolute Gasteiger partial charge is 0.490 e. The zero-order chi connectivity index (χ0) is 22.3. The first kappa shape index (κ1) is 20.4. The van der Waals surface area contributed by atoms with Crippen molar-refractivity contribution in [2.75, 3.05) is 26.3 Å². The number of carbonyl (C=O) groups is 3. The molecule has 0 spiro atoms. The van der Waals surface area contributed by atoms with Crippen LogP contribution in [0.15, 0.2) is 41.0 Å². The number of urea groups is 1. The third kappa shape index (κ3) is 3.37. The maximum atomic E-state index is 13.2. The molecule has 2 saturated heterocycles. The molecule has 32 heavy (non-hydrogen) atoms. The molecule has 2 aromatic rings. The number of fused-ring (bicyclic) bond motifs is 1. The highest BCUT2D eigenvalue weighted by Crippen LogP contribution is 2.38. The van der Waals surface area contributed by atoms with E-state index in [0.717, 1.165) is 29.7 Å². The minimum absolute atomic E-state index is 0.142. The van der Waals surface area contributed by atoms with Crippen molar-refractivity contribution in [1.29, 1.82) is 0 Å². The van der Waals surface area contributed by atoms with Gasteiger partial charge in [0.15, 0.2) is 17.0 Å². The van der Waals surface area contributed by atoms with Gasteiger partial charge in [-0.05, 0) is 49.6 Å². The summed E-state index contributed by atoms with van der Waals surface area (Å²) in [7, 11) is 0. The van der Waals surface area contributed by atoms with Gasteiger partial charge in [-0.15, -0.1) is 0 Å². The van der Waals surface area contributed by atoms with E-state index in [-0.39, 0.29) is 18.5 Å². The predicted molar refractivity (Wildman–Crippen MR) is 112 cm³/mol. The van der Waals surface area contributed by atoms with Crippen molar-refractivity contribution in [1.82, 2.24) is 15.1 Å². The first-order chi connectivity index (χ1) is 15.5. The second-order valence-corrected chi connectivity index (χ2v) is 8.43. The smallest absolute Gasteiger partial charge is 0.325 e. The van der Waals surface area contributed by atoms with Gasteiger partial charge in [0.1, 0.15) is 12.3 Å². The van der Waals surface area contributed by atoms with Gasteiger partial charge in [0, 0.05) is 13.0 Å². The monoisotopic (exact) mass is 439 g/mol. The molecule has 1 N–H and O–H groups in total. The zero-order valence-electron chi connectivity index (χ0n) is 17.8. The molecule has 5 rings (SSSR count). The molecule has 0 saturated carbocycles. The van der Waals surface area contributed by atoms with Gasteiger partial charge in [0.2, 0.25) is 5.91 Å². The third-order valence-electron chi connectivity index (χ3n) is 6.31. The van der Waals surface area contributed by atoms with E-state index in [4.69, 9.17) is 13.9 Å². The average Bonchev–Trinajstić information content (AvgIpc) is 3.49. The number of nitrogens with zero attached hydrogens (tertiary/aromatic N) is 2. The molecular formula is C23H25N3O6. The molecule has 0 bridgehead atoms. The summed E-state index contributed by atoms with van der Waals surface area (Å²) in [6.45, 7) is 3.03. The van der Waals surface area contributed by atoms with Gasteiger partial charge in [0.25, 0.3) is 5.91 Å². The molecule has 4 amide bonds. The number of amides is 4. The van der Waals surface area contributed by atoms with Crippen LogP contribution in [0.25, 0.3) is 0 Å². The van der Waals surface area contributed by atoms with Gasteiger partial charge in [0.05, 0.1) is 25.5 Å². The number of hydrogen-bond donors (Lipinski definition) is 1. The van der Waals surface area contributed by atoms with Crippen molar-refractivity contribution in [3.05, 3.63) is 47.9 Å². The molecule has 0 unspecified atom stereocenters. The van der Waals surface area contributed by atoms with Crippen LogP contribution in [0.4, 0.5) is 4.79 Å². The van der Waals surface area contributed by atoms with Crippen LogP contribution in [0.3, 0.4) is 0 Å². The molecule has 0 radical (unpaired) electrons. The fraction of sp³-hybridized carbons (Fsp3) is 0.435. The highest BCUT2D eigenvalue weighted by Gasteiger charge is 2.52. The van der Waals surface area contributed by atoms with E-state index in [2.05, 4.69) is 5.32 Å². The van der Waals surface area contributed by atoms with Crippen LogP contribution in [0.1, 0.15) is 43.6 Å². The molecule has 2 fully saturated rings. The lowest BCUT2D eigenvalue weighted by molar-refractivity contribution is -0.139. The minimum atomic E-state index is -1.32. The summed E-state index contributed by atoms with van der Waals surface area (Å²) in [6.07, 6.45) is 3.91. The van der Waals surface area contributed by atoms with Crippen molar-refractivity contribution in [2.45, 2.75) is 37.8 Å². The van der Waals surface area contributed by atoms with Crippen molar-refractivity contribution in [2.24, 2.45) is 0 Å². The Bertz CT molecular complexity index is 1050. The Labute approximate surface area is 185 Å². The van der Waals surface area contributed by atoms with Crippen LogP contribution in [0.5, 0.6) is 11.5 Å². The summed E-state index contributed by atoms with van der Waals surface area (Å²) < 4.78 is 16.8. The standard InChI is InChI=1S/C23H25N3O6/c1-23(19-6-3-10-32-19)21(28)26(22(29)24-23)14-20(27)25-9-2-5-16(25)15-7-8-17-18(13-15)31-12-4-11-30-17/h3,6-8,10,13,16H,2,4-5,9,11-12,14H2,1H3,(H,24,29)/t16-,23-/m1/s1. The molecule has 0 aliphatic carbocycles. The summed E-state index contributed by atoms with van der Waals surface area (Å²) >= 11 is 0. The number of benzene rings is 1. The lowest BCUT2D eigenvalue weighted by atomic mass is 9.99. The first-order valence-electron chi connectivity index (χ1n) is 10.8. The Balaban J connectivity index is 1.33. The van der Waals surface area contributed by atoms with Gasteiger partial charge in [-0.25, -0.2) is 4.79 Å². The lowest BCUT2D eigenvalue weighted by Crippen LogP contribution is -2.44. The van der Waals surface area contributed by atoms with Gasteiger partial charge >= 0.3 is 6.03 Å². The number of rotatable bonds is 4. The molecule has 9 nitrogen and oxygen atoms in total. The fourth-order valence-corrected chi connectivity index (χ4v) is 4.60. The molecule has 1 aromatic heterocycles. The van der Waals surface area contributed by atoms with Crippen molar-refractivity contribution in [3.63, 3.8) is 0 Å². The van der Waals surface area contributed by atoms with Crippen LogP contribution in [0.2, 0.25) is 0 Å². The maximum Gasteiger partial charge on any atom is 0.325 e. The molecular weight excluding hydrogens is 414 g/mol. The lowest BCUT2D eigenvalue weighted by Gasteiger charge is -2.27. The Kier molecular flexibility index (Phi) is 5.03. The molecule has 1 aromatic carbocycles. The number of ether oxygens (including phenoxy) is 2. The average molecular weight is 439 g/mol. The van der Waals surface area contributed by atoms with Crippen LogP contribution in [0, 0.1) is 0 Å². The molecule has 2 atom stereocenters. The molecule has 168 valence electrons. The second kappa shape index (κ2) is 7.89. The Morgan fingerprint density at radius 2 is 1.97 bits per heavy atom. The van der Waals surface area contributed by atoms with Crippen molar-refractivity contribution in [3.8, 4) is 11.5 Å². The highest BCUT2D eigenvalue weighted by molar-refractivity contribution is 6.08. The van der Waals surface area contributed by atoms with Gasteiger partial charge in [-0.3, -0.25) is 14.5 Å². The number of likely N-dealkylation sites (tertiary alicyclic amines) is 1. The Hall–Kier alpha value is -3.49. The van der Waals surface area contributed by atoms with Crippen molar-refractivity contribution >= 4 is 17.8 Å². The Morgan fingerprint density at radius 3 is 2.75 bits per heavy atom. The normalized spacial score (nSPS) is 25.1. The van der Waals surface area contributed by atoms with E-state index >= 15 is 0 Å². The highest BCUT2D eigenvalue weighted by atomic mass is 16.5. The Morgan fingerprint density at radius 1 is 1.16 bits per heavy atom. The van der Waals surface area contributed by atoms with E-state index in [1.54, 1.807) is 24.0 Å². The number of imide groups is 1. The minimum Gasteiger partial charge on any atom is -0.490 e. The summed E-state index contributed by atoms with van der Waals surface area (Å²) in [5.74, 6) is 0.947. The zero-order valence-corrected chi connectivity index (χ0v) is 17.8. The van der Waals surface area contributed by atoms with E-state index in [0.29, 0.717) is 37.0 Å². The summed E-state index contributed by atoms with van der Waals surface area (Å²) in [4.78, 5) is 41.4. The SMILES string of the molecule is C[C@]1(c2ccco2)NC(=O)N(CC(=O)N2CCC[C@@H]2c2ccc3c(c2)OCCCO3)C1=O. The molecule has 4 heterocycles. The van der Waals surface area contributed by atoms with E-state index in [1.807, 2.05) is 18.2 Å². The number of carbonyl (C=O) groups excluding carboxylic acids is 3. The first-order valence-corrected chi connectivity index (χ1v) is 10.8. The van der Waals surface area contributed by atoms with Crippen LogP contribution in [-0.2, 0) is 15.1 Å². The number of hydrogen-bond acceptors (Lipinski definition) is 6. The van der Waals surface area contributed by atoms with E-state index in [9.17, 15) is 14.4 Å². The quantitative estimate of drug-likeness (QED) is 0.735. The van der Waals surface area contributed by atoms with Gasteiger partial charge < -0.3 is 24.1 Å². The third-order valence-corrected chi connectivity index (χ3v) is 6.31. The van der Waals surface area contributed by atoms with E-state index < -0.39 is 17.5 Å². The maximum absolute atomic E-state index is 13.2. The molecule has 3 aliphatic rings. The fourth-order valence-electron chi connectivity index (χ4n) is 4.60. The molecule has 3 aliphatic heterocycles. The molecule has 9 heteroatoms. The van der Waals surface area contributed by atoms with Crippen LogP contribution in [-0.4, -0.2) is 53.9 Å². The summed E-state index contributed by atoms with van der Waals surface area (Å²) in [6, 6.07) is 8.29. The van der Waals surface area contributed by atoms with Crippen molar-refractivity contribution < 1.29 is 28.3 Å². The summed E-state index contributed by atoms with van der Waals surface area (Å²) in [5.41, 5.74) is -0.364. The van der Waals surface area contributed by atoms with E-state index in [1.165, 1.54) is 6.26 Å². The number of nitrogens with one attached hydrogen (secondary N) is 1. The topological polar surface area (TPSA) is 101 Å². The van der Waals surface area contributed by atoms with Crippen LogP contribution < -0.4 is 14.8 Å². The number of furan rings is 1. The summed E-state index contributed by atoms with van der Waals surface area (Å²) in [5, 5.41) is 2.65. The van der Waals surface area contributed by atoms with Gasteiger partial charge in [-0.2, -0.15) is 0 Å². The predicted octanol–water partition coefficient (Wildman–Crippen LogP) is 2.57.